The van der Waals surface area contributed by atoms with E-state index in [1.165, 1.54) is 0 Å². The molecular weight excluding hydrogens is 232 g/mol. The van der Waals surface area contributed by atoms with Gasteiger partial charge in [-0.15, -0.1) is 0 Å². The predicted octanol–water partition coefficient (Wildman–Crippen LogP) is 2.83. The van der Waals surface area contributed by atoms with Crippen LogP contribution in [0.2, 0.25) is 0 Å². The minimum atomic E-state index is -0.999. The lowest BCUT2D eigenvalue weighted by atomic mass is 10.1. The van der Waals surface area contributed by atoms with Gasteiger partial charge in [0.25, 0.3) is 0 Å². The maximum Gasteiger partial charge on any atom is 0.344 e. The Kier molecular flexibility index (Phi) is 5.36. The largest absolute Gasteiger partial charge is 0.479 e. The molecular formula is C14H18O4. The van der Waals surface area contributed by atoms with Crippen molar-refractivity contribution in [3.05, 3.63) is 29.3 Å². The summed E-state index contributed by atoms with van der Waals surface area (Å²) in [6, 6.07) is 5.11. The van der Waals surface area contributed by atoms with Crippen molar-refractivity contribution in [2.75, 3.05) is 0 Å². The summed E-state index contributed by atoms with van der Waals surface area (Å²) in [5.74, 6) is -0.667. The second-order valence-corrected chi connectivity index (χ2v) is 4.25. The van der Waals surface area contributed by atoms with Gasteiger partial charge in [-0.25, -0.2) is 4.79 Å². The molecule has 4 nitrogen and oxygen atoms in total. The van der Waals surface area contributed by atoms with Crippen molar-refractivity contribution < 1.29 is 19.4 Å². The summed E-state index contributed by atoms with van der Waals surface area (Å²) in [5.41, 5.74) is 1.32. The van der Waals surface area contributed by atoms with E-state index in [1.807, 2.05) is 13.8 Å². The SMILES string of the molecule is CCCCC(Oc1ccc(C)cc1C=O)C(=O)O. The number of aldehydes is 1. The summed E-state index contributed by atoms with van der Waals surface area (Å²) in [4.78, 5) is 22.0. The van der Waals surface area contributed by atoms with Crippen LogP contribution in [0.25, 0.3) is 0 Å². The Labute approximate surface area is 107 Å². The van der Waals surface area contributed by atoms with Crippen LogP contribution in [0.3, 0.4) is 0 Å². The monoisotopic (exact) mass is 250 g/mol. The topological polar surface area (TPSA) is 63.6 Å². The van der Waals surface area contributed by atoms with Crippen LogP contribution in [0, 0.1) is 6.92 Å². The van der Waals surface area contributed by atoms with Gasteiger partial charge in [0.15, 0.2) is 12.4 Å². The fourth-order valence-corrected chi connectivity index (χ4v) is 1.64. The molecule has 0 fully saturated rings. The van der Waals surface area contributed by atoms with Gasteiger partial charge in [-0.2, -0.15) is 0 Å². The lowest BCUT2D eigenvalue weighted by Gasteiger charge is -2.16. The van der Waals surface area contributed by atoms with Crippen LogP contribution < -0.4 is 4.74 Å². The van der Waals surface area contributed by atoms with Gasteiger partial charge in [0, 0.05) is 0 Å². The van der Waals surface area contributed by atoms with Crippen LogP contribution in [0.1, 0.15) is 42.1 Å². The third kappa shape index (κ3) is 3.87. The Bertz CT molecular complexity index is 426. The Morgan fingerprint density at radius 3 is 2.78 bits per heavy atom. The van der Waals surface area contributed by atoms with Crippen molar-refractivity contribution in [1.82, 2.24) is 0 Å². The molecule has 0 heterocycles. The maximum absolute atomic E-state index is 11.1. The molecule has 4 heteroatoms. The number of aryl methyl sites for hydroxylation is 1. The van der Waals surface area contributed by atoms with Crippen LogP contribution in [-0.2, 0) is 4.79 Å². The van der Waals surface area contributed by atoms with E-state index in [9.17, 15) is 9.59 Å². The minimum Gasteiger partial charge on any atom is -0.479 e. The van der Waals surface area contributed by atoms with Gasteiger partial charge < -0.3 is 9.84 Å². The van der Waals surface area contributed by atoms with Gasteiger partial charge in [0.2, 0.25) is 0 Å². The van der Waals surface area contributed by atoms with E-state index in [-0.39, 0.29) is 0 Å². The van der Waals surface area contributed by atoms with E-state index in [4.69, 9.17) is 9.84 Å². The number of benzene rings is 1. The zero-order chi connectivity index (χ0) is 13.5. The first-order valence-electron chi connectivity index (χ1n) is 6.03. The number of carboxylic acids is 1. The number of unbranched alkanes of at least 4 members (excludes halogenated alkanes) is 1. The lowest BCUT2D eigenvalue weighted by Crippen LogP contribution is -2.27. The number of aliphatic carboxylic acids is 1. The first-order valence-corrected chi connectivity index (χ1v) is 6.03. The first-order chi connectivity index (χ1) is 8.58. The second-order valence-electron chi connectivity index (χ2n) is 4.25. The van der Waals surface area contributed by atoms with E-state index in [2.05, 4.69) is 0 Å². The van der Waals surface area contributed by atoms with Gasteiger partial charge in [-0.3, -0.25) is 4.79 Å². The Hall–Kier alpha value is -1.84. The number of ether oxygens (including phenoxy) is 1. The minimum absolute atomic E-state index is 0.333. The molecule has 0 bridgehead atoms. The molecule has 0 saturated carbocycles. The zero-order valence-electron chi connectivity index (χ0n) is 10.7. The number of carbonyl (C=O) groups excluding carboxylic acids is 1. The highest BCUT2D eigenvalue weighted by atomic mass is 16.5. The molecule has 1 unspecified atom stereocenters. The van der Waals surface area contributed by atoms with Gasteiger partial charge in [-0.05, 0) is 31.9 Å². The summed E-state index contributed by atoms with van der Waals surface area (Å²) in [6.45, 7) is 3.85. The molecule has 1 aromatic carbocycles. The standard InChI is InChI=1S/C14H18O4/c1-3-4-5-13(14(16)17)18-12-7-6-10(2)8-11(12)9-15/h6-9,13H,3-5H2,1-2H3,(H,16,17). The maximum atomic E-state index is 11.1. The Morgan fingerprint density at radius 2 is 2.22 bits per heavy atom. The third-order valence-electron chi connectivity index (χ3n) is 2.66. The highest BCUT2D eigenvalue weighted by molar-refractivity contribution is 5.80. The predicted molar refractivity (Wildman–Crippen MR) is 68.1 cm³/mol. The third-order valence-corrected chi connectivity index (χ3v) is 2.66. The molecule has 0 radical (unpaired) electrons. The summed E-state index contributed by atoms with van der Waals surface area (Å²) in [6.07, 6.45) is 1.91. The van der Waals surface area contributed by atoms with Gasteiger partial charge >= 0.3 is 5.97 Å². The van der Waals surface area contributed by atoms with Crippen LogP contribution in [0.5, 0.6) is 5.75 Å². The highest BCUT2D eigenvalue weighted by Crippen LogP contribution is 2.21. The smallest absolute Gasteiger partial charge is 0.344 e. The number of carbonyl (C=O) groups is 2. The normalized spacial score (nSPS) is 11.9. The van der Waals surface area contributed by atoms with Gasteiger partial charge in [-0.1, -0.05) is 25.0 Å². The zero-order valence-corrected chi connectivity index (χ0v) is 10.7. The van der Waals surface area contributed by atoms with Crippen LogP contribution in [-0.4, -0.2) is 23.5 Å². The quantitative estimate of drug-likeness (QED) is 0.756. The molecule has 1 aromatic rings. The highest BCUT2D eigenvalue weighted by Gasteiger charge is 2.19. The van der Waals surface area contributed by atoms with Crippen LogP contribution >= 0.6 is 0 Å². The summed E-state index contributed by atoms with van der Waals surface area (Å²) in [7, 11) is 0. The fraction of sp³-hybridized carbons (Fsp3) is 0.429. The van der Waals surface area contributed by atoms with Crippen molar-refractivity contribution in [3.8, 4) is 5.75 Å². The molecule has 0 aliphatic heterocycles. The first kappa shape index (κ1) is 14.2. The average Bonchev–Trinajstić information content (AvgIpc) is 2.35. The molecule has 0 spiro atoms. The molecule has 0 aliphatic carbocycles. The Balaban J connectivity index is 2.86. The molecule has 18 heavy (non-hydrogen) atoms. The summed E-state index contributed by atoms with van der Waals surface area (Å²) < 4.78 is 5.42. The molecule has 1 rings (SSSR count). The number of hydrogen-bond acceptors (Lipinski definition) is 3. The molecule has 1 atom stereocenters. The average molecular weight is 250 g/mol. The van der Waals surface area contributed by atoms with E-state index < -0.39 is 12.1 Å². The second kappa shape index (κ2) is 6.79. The number of hydrogen-bond donors (Lipinski definition) is 1. The van der Waals surface area contributed by atoms with E-state index in [1.54, 1.807) is 18.2 Å². The lowest BCUT2D eigenvalue weighted by molar-refractivity contribution is -0.145. The van der Waals surface area contributed by atoms with Crippen molar-refractivity contribution in [2.45, 2.75) is 39.2 Å². The van der Waals surface area contributed by atoms with Crippen molar-refractivity contribution in [3.63, 3.8) is 0 Å². The van der Waals surface area contributed by atoms with Crippen molar-refractivity contribution in [1.29, 1.82) is 0 Å². The molecule has 0 aliphatic rings. The van der Waals surface area contributed by atoms with Crippen LogP contribution in [0.15, 0.2) is 18.2 Å². The van der Waals surface area contributed by atoms with E-state index >= 15 is 0 Å². The van der Waals surface area contributed by atoms with E-state index in [0.717, 1.165) is 18.4 Å². The molecule has 0 saturated heterocycles. The van der Waals surface area contributed by atoms with Gasteiger partial charge in [0.05, 0.1) is 5.56 Å². The molecule has 0 aromatic heterocycles. The van der Waals surface area contributed by atoms with E-state index in [0.29, 0.717) is 24.0 Å². The number of carboxylic acid groups (broad SMARTS) is 1. The fourth-order valence-electron chi connectivity index (χ4n) is 1.64. The molecule has 1 N–H and O–H groups in total. The van der Waals surface area contributed by atoms with Crippen molar-refractivity contribution >= 4 is 12.3 Å². The Morgan fingerprint density at radius 1 is 1.50 bits per heavy atom. The number of rotatable bonds is 7. The van der Waals surface area contributed by atoms with Crippen molar-refractivity contribution in [2.24, 2.45) is 0 Å². The summed E-state index contributed by atoms with van der Waals surface area (Å²) >= 11 is 0. The molecule has 0 amide bonds. The molecule has 98 valence electrons. The van der Waals surface area contributed by atoms with Gasteiger partial charge in [0.1, 0.15) is 5.75 Å². The summed E-state index contributed by atoms with van der Waals surface area (Å²) in [5, 5.41) is 9.07. The van der Waals surface area contributed by atoms with Crippen LogP contribution in [0.4, 0.5) is 0 Å².